The molecule has 2 heterocycles. The molecule has 35 heavy (non-hydrogen) atoms. The highest BCUT2D eigenvalue weighted by Gasteiger charge is 2.26. The summed E-state index contributed by atoms with van der Waals surface area (Å²) in [5, 5.41) is 0. The molecule has 0 aliphatic carbocycles. The van der Waals surface area contributed by atoms with Crippen molar-refractivity contribution in [2.45, 2.75) is 18.4 Å². The molecule has 1 amide bonds. The first-order valence-corrected chi connectivity index (χ1v) is 13.5. The molecule has 1 aliphatic heterocycles. The summed E-state index contributed by atoms with van der Waals surface area (Å²) in [6, 6.07) is 14.3. The Kier molecular flexibility index (Phi) is 5.88. The minimum atomic E-state index is -3.77. The van der Waals surface area contributed by atoms with Crippen LogP contribution < -0.4 is 4.74 Å². The quantitative estimate of drug-likeness (QED) is 0.387. The number of rotatable bonds is 3. The van der Waals surface area contributed by atoms with Crippen LogP contribution in [0.25, 0.3) is 22.2 Å². The molecule has 1 aliphatic rings. The minimum Gasteiger partial charge on any atom is -0.491 e. The molecule has 10 heteroatoms. The highest BCUT2D eigenvalue weighted by atomic mass is 79.9. The number of fused-ring (bicyclic) bond motifs is 2. The third-order valence-corrected chi connectivity index (χ3v) is 7.83. The van der Waals surface area contributed by atoms with E-state index in [-0.39, 0.29) is 23.2 Å². The molecule has 0 spiro atoms. The average molecular weight is 558 g/mol. The molecule has 0 saturated heterocycles. The number of carbonyl (C=O) groups excluding carboxylic acids is 1. The van der Waals surface area contributed by atoms with E-state index in [1.54, 1.807) is 4.90 Å². The number of hydrogen-bond donors (Lipinski definition) is 1. The summed E-state index contributed by atoms with van der Waals surface area (Å²) < 4.78 is 44.1. The van der Waals surface area contributed by atoms with Crippen molar-refractivity contribution < 1.29 is 22.3 Å². The van der Waals surface area contributed by atoms with Gasteiger partial charge in [-0.25, -0.2) is 17.8 Å². The Hall–Kier alpha value is -3.24. The van der Waals surface area contributed by atoms with E-state index in [1.807, 2.05) is 43.3 Å². The molecule has 1 aromatic heterocycles. The summed E-state index contributed by atoms with van der Waals surface area (Å²) >= 11 is 3.08. The summed E-state index contributed by atoms with van der Waals surface area (Å²) in [5.41, 5.74) is 4.65. The van der Waals surface area contributed by atoms with Crippen LogP contribution in [0, 0.1) is 12.7 Å². The van der Waals surface area contributed by atoms with E-state index in [1.165, 1.54) is 6.07 Å². The van der Waals surface area contributed by atoms with Gasteiger partial charge in [0.05, 0.1) is 27.6 Å². The van der Waals surface area contributed by atoms with Gasteiger partial charge in [0.1, 0.15) is 23.1 Å². The van der Waals surface area contributed by atoms with E-state index < -0.39 is 26.5 Å². The Labute approximate surface area is 210 Å². The Balaban J connectivity index is 1.47. The van der Waals surface area contributed by atoms with Gasteiger partial charge in [-0.15, -0.1) is 0 Å². The molecule has 3 aromatic carbocycles. The van der Waals surface area contributed by atoms with Crippen molar-refractivity contribution in [1.82, 2.24) is 14.9 Å². The molecule has 0 atom stereocenters. The lowest BCUT2D eigenvalue weighted by Crippen LogP contribution is -2.33. The molecule has 0 fully saturated rings. The topological polar surface area (TPSA) is 92.4 Å². The van der Waals surface area contributed by atoms with Crippen molar-refractivity contribution >= 4 is 42.7 Å². The molecule has 0 saturated carbocycles. The van der Waals surface area contributed by atoms with Crippen molar-refractivity contribution in [1.29, 1.82) is 0 Å². The third-order valence-electron chi connectivity index (χ3n) is 5.94. The zero-order valence-electron chi connectivity index (χ0n) is 18.9. The summed E-state index contributed by atoms with van der Waals surface area (Å²) in [6.45, 7) is 2.74. The number of nitrogens with zero attached hydrogens (tertiary/aromatic N) is 2. The van der Waals surface area contributed by atoms with Crippen LogP contribution in [-0.4, -0.2) is 48.6 Å². The standard InChI is InChI=1S/C25H21BrFN3O4S/c1-14-28-19-6-3-16(12-20(19)29-14)15-4-7-21-17(11-15)13-30(9-10-34-21)25(31)18-5-8-22(35(2,32)33)24(27)23(18)26/h3-8,11-12H,9-10,13H2,1-2H3,(H,28,29). The monoisotopic (exact) mass is 557 g/mol. The number of aromatic amines is 1. The second kappa shape index (κ2) is 8.76. The molecule has 7 nitrogen and oxygen atoms in total. The van der Waals surface area contributed by atoms with Crippen molar-refractivity contribution in [3.63, 3.8) is 0 Å². The molecule has 1 N–H and O–H groups in total. The molecule has 0 bridgehead atoms. The van der Waals surface area contributed by atoms with Gasteiger partial charge in [0.2, 0.25) is 0 Å². The van der Waals surface area contributed by atoms with Crippen LogP contribution in [0.3, 0.4) is 0 Å². The predicted octanol–water partition coefficient (Wildman–Crippen LogP) is 4.88. The lowest BCUT2D eigenvalue weighted by Gasteiger charge is -2.21. The van der Waals surface area contributed by atoms with E-state index in [9.17, 15) is 17.6 Å². The highest BCUT2D eigenvalue weighted by molar-refractivity contribution is 9.10. The van der Waals surface area contributed by atoms with Gasteiger partial charge in [-0.2, -0.15) is 0 Å². The summed E-state index contributed by atoms with van der Waals surface area (Å²) in [4.78, 5) is 22.1. The van der Waals surface area contributed by atoms with E-state index in [2.05, 4.69) is 25.9 Å². The van der Waals surface area contributed by atoms with Gasteiger partial charge in [0.25, 0.3) is 5.91 Å². The highest BCUT2D eigenvalue weighted by Crippen LogP contribution is 2.32. The normalized spacial score (nSPS) is 13.9. The van der Waals surface area contributed by atoms with Gasteiger partial charge in [-0.05, 0) is 70.4 Å². The van der Waals surface area contributed by atoms with Crippen LogP contribution in [-0.2, 0) is 16.4 Å². The van der Waals surface area contributed by atoms with Gasteiger partial charge in [-0.3, -0.25) is 4.79 Å². The number of halogens is 2. The van der Waals surface area contributed by atoms with Gasteiger partial charge in [0, 0.05) is 18.4 Å². The summed E-state index contributed by atoms with van der Waals surface area (Å²) in [6.07, 6.45) is 0.922. The second-order valence-electron chi connectivity index (χ2n) is 8.46. The average Bonchev–Trinajstić information content (AvgIpc) is 3.04. The first-order valence-electron chi connectivity index (χ1n) is 10.8. The molecular weight excluding hydrogens is 537 g/mol. The van der Waals surface area contributed by atoms with Crippen molar-refractivity contribution in [2.24, 2.45) is 0 Å². The number of benzene rings is 3. The minimum absolute atomic E-state index is 0.0505. The number of imidazole rings is 1. The third kappa shape index (κ3) is 4.43. The summed E-state index contributed by atoms with van der Waals surface area (Å²) in [7, 11) is -3.77. The zero-order valence-corrected chi connectivity index (χ0v) is 21.3. The lowest BCUT2D eigenvalue weighted by atomic mass is 10.0. The zero-order chi connectivity index (χ0) is 24.9. The van der Waals surface area contributed by atoms with Crippen LogP contribution in [0.1, 0.15) is 21.7 Å². The number of ether oxygens (including phenoxy) is 1. The molecule has 5 rings (SSSR count). The maximum Gasteiger partial charge on any atom is 0.255 e. The number of nitrogens with one attached hydrogen (secondary N) is 1. The Morgan fingerprint density at radius 2 is 1.89 bits per heavy atom. The first-order chi connectivity index (χ1) is 16.6. The van der Waals surface area contributed by atoms with Crippen LogP contribution >= 0.6 is 15.9 Å². The Bertz CT molecular complexity index is 1600. The second-order valence-corrected chi connectivity index (χ2v) is 11.2. The largest absolute Gasteiger partial charge is 0.491 e. The summed E-state index contributed by atoms with van der Waals surface area (Å²) in [5.74, 6) is 0.123. The molecular formula is C25H21BrFN3O4S. The van der Waals surface area contributed by atoms with Crippen LogP contribution in [0.4, 0.5) is 4.39 Å². The van der Waals surface area contributed by atoms with E-state index in [0.29, 0.717) is 12.3 Å². The molecule has 0 unspecified atom stereocenters. The van der Waals surface area contributed by atoms with Gasteiger partial charge in [0.15, 0.2) is 15.7 Å². The van der Waals surface area contributed by atoms with Crippen molar-refractivity contribution in [3.8, 4) is 16.9 Å². The number of sulfone groups is 1. The first kappa shape index (κ1) is 23.5. The van der Waals surface area contributed by atoms with E-state index in [4.69, 9.17) is 4.74 Å². The fourth-order valence-corrected chi connectivity index (χ4v) is 5.61. The van der Waals surface area contributed by atoms with Crippen LogP contribution in [0.15, 0.2) is 57.9 Å². The molecule has 0 radical (unpaired) electrons. The number of aryl methyl sites for hydroxylation is 1. The SMILES string of the molecule is Cc1nc2ccc(-c3ccc4c(c3)CN(C(=O)c3ccc(S(C)(=O)=O)c(F)c3Br)CCO4)cc2[nH]1. The number of hydrogen-bond acceptors (Lipinski definition) is 5. The van der Waals surface area contributed by atoms with Crippen molar-refractivity contribution in [3.05, 3.63) is 75.8 Å². The predicted molar refractivity (Wildman–Crippen MR) is 134 cm³/mol. The Morgan fingerprint density at radius 3 is 2.66 bits per heavy atom. The van der Waals surface area contributed by atoms with Crippen LogP contribution in [0.2, 0.25) is 0 Å². The fourth-order valence-electron chi connectivity index (χ4n) is 4.22. The smallest absolute Gasteiger partial charge is 0.255 e. The van der Waals surface area contributed by atoms with Gasteiger partial charge >= 0.3 is 0 Å². The lowest BCUT2D eigenvalue weighted by molar-refractivity contribution is 0.0731. The number of amides is 1. The maximum absolute atomic E-state index is 14.7. The van der Waals surface area contributed by atoms with Crippen LogP contribution in [0.5, 0.6) is 5.75 Å². The van der Waals surface area contributed by atoms with Gasteiger partial charge < -0.3 is 14.6 Å². The van der Waals surface area contributed by atoms with Crippen molar-refractivity contribution in [2.75, 3.05) is 19.4 Å². The fraction of sp³-hybridized carbons (Fsp3) is 0.200. The number of H-pyrrole nitrogens is 1. The number of carbonyl (C=O) groups is 1. The molecule has 180 valence electrons. The van der Waals surface area contributed by atoms with Gasteiger partial charge in [-0.1, -0.05) is 12.1 Å². The Morgan fingerprint density at radius 1 is 1.14 bits per heavy atom. The molecule has 4 aromatic rings. The van der Waals surface area contributed by atoms with E-state index >= 15 is 0 Å². The number of aromatic nitrogens is 2. The van der Waals surface area contributed by atoms with E-state index in [0.717, 1.165) is 45.9 Å². The maximum atomic E-state index is 14.7.